The molecule has 0 saturated heterocycles. The van der Waals surface area contributed by atoms with Crippen molar-refractivity contribution in [2.45, 2.75) is 103 Å². The van der Waals surface area contributed by atoms with Gasteiger partial charge in [0.1, 0.15) is 0 Å². The van der Waals surface area contributed by atoms with Crippen LogP contribution in [-0.4, -0.2) is 29.8 Å². The maximum absolute atomic E-state index is 6.84. The summed E-state index contributed by atoms with van der Waals surface area (Å²) in [7, 11) is -3.22. The van der Waals surface area contributed by atoms with Crippen LogP contribution in [0.1, 0.15) is 64.2 Å². The van der Waals surface area contributed by atoms with Gasteiger partial charge in [-0.2, -0.15) is 0 Å². The van der Waals surface area contributed by atoms with E-state index in [1.54, 1.807) is 0 Å². The van der Waals surface area contributed by atoms with Crippen LogP contribution in [-0.2, 0) is 35.1 Å². The van der Waals surface area contributed by atoms with Gasteiger partial charge >= 0.3 is 26.2 Å². The normalized spacial score (nSPS) is 37.1. The third-order valence-corrected chi connectivity index (χ3v) is 14.6. The molecule has 0 aliphatic heterocycles. The minimum atomic E-state index is -1.61. The Kier molecular flexibility index (Phi) is 14.3. The summed E-state index contributed by atoms with van der Waals surface area (Å²) < 4.78 is 13.7. The molecule has 6 rings (SSSR count). The molecule has 4 fully saturated rings. The molecule has 4 saturated carbocycles. The Morgan fingerprint density at radius 1 is 0.523 bits per heavy atom. The summed E-state index contributed by atoms with van der Waals surface area (Å²) in [6, 6.07) is 0. The first-order valence-corrected chi connectivity index (χ1v) is 24.4. The molecule has 0 aromatic carbocycles. The van der Waals surface area contributed by atoms with Crippen LogP contribution in [0.25, 0.3) is 0 Å². The minimum absolute atomic E-state index is 0. The van der Waals surface area contributed by atoms with Gasteiger partial charge in [-0.3, -0.25) is 0 Å². The zero-order chi connectivity index (χ0) is 28.8. The number of rotatable bonds is 10. The number of hydrogen-bond donors (Lipinski definition) is 0. The van der Waals surface area contributed by atoms with Crippen LogP contribution in [0.2, 0.25) is 39.3 Å². The quantitative estimate of drug-likeness (QED) is 0.314. The van der Waals surface area contributed by atoms with Gasteiger partial charge in [0, 0.05) is 13.2 Å². The fourth-order valence-corrected chi connectivity index (χ4v) is 12.8. The van der Waals surface area contributed by atoms with E-state index in [0.717, 1.165) is 60.6 Å². The molecule has 0 aromatic rings. The van der Waals surface area contributed by atoms with Crippen LogP contribution in [0.4, 0.5) is 0 Å². The number of halogens is 2. The molecule has 7 heteroatoms. The van der Waals surface area contributed by atoms with Crippen molar-refractivity contribution in [2.24, 2.45) is 64.6 Å². The van der Waals surface area contributed by atoms with E-state index in [1.165, 1.54) is 64.2 Å². The molecule has 0 aromatic heterocycles. The van der Waals surface area contributed by atoms with Gasteiger partial charge in [0.15, 0.2) is 16.6 Å². The Morgan fingerprint density at radius 2 is 0.841 bits per heavy atom. The monoisotopic (exact) mass is 752 g/mol. The Labute approximate surface area is 304 Å². The van der Waals surface area contributed by atoms with E-state index in [4.69, 9.17) is 8.85 Å². The van der Waals surface area contributed by atoms with Gasteiger partial charge in [0.2, 0.25) is 0 Å². The molecule has 0 amide bonds. The number of hydrogen-bond acceptors (Lipinski definition) is 2. The Morgan fingerprint density at radius 3 is 1.18 bits per heavy atom. The van der Waals surface area contributed by atoms with Crippen LogP contribution in [0.5, 0.6) is 0 Å². The smallest absolute Gasteiger partial charge is 1.00 e. The van der Waals surface area contributed by atoms with Gasteiger partial charge < -0.3 is 33.7 Å². The first-order valence-electron chi connectivity index (χ1n) is 17.6. The van der Waals surface area contributed by atoms with Crippen LogP contribution < -0.4 is 24.8 Å². The van der Waals surface area contributed by atoms with Crippen LogP contribution in [0.3, 0.4) is 0 Å². The summed E-state index contributed by atoms with van der Waals surface area (Å²) in [6.45, 7) is 16.2. The van der Waals surface area contributed by atoms with Gasteiger partial charge in [-0.25, -0.2) is 0 Å². The summed E-state index contributed by atoms with van der Waals surface area (Å²) in [5.74, 6) is 7.82. The molecular weight excluding hydrogens is 695 g/mol. The molecule has 10 unspecified atom stereocenters. The van der Waals surface area contributed by atoms with E-state index in [9.17, 15) is 0 Å². The summed E-state index contributed by atoms with van der Waals surface area (Å²) in [4.78, 5) is 0. The van der Waals surface area contributed by atoms with Crippen molar-refractivity contribution in [3.8, 4) is 0 Å². The first kappa shape index (κ1) is 39.2. The third kappa shape index (κ3) is 7.97. The Bertz CT molecular complexity index is 965. The van der Waals surface area contributed by atoms with Crippen molar-refractivity contribution >= 4 is 16.6 Å². The first-order chi connectivity index (χ1) is 19.6. The van der Waals surface area contributed by atoms with Crippen molar-refractivity contribution in [3.63, 3.8) is 0 Å². The SMILES string of the molecule is C[Si](C)(C)OCCC(CCO[Si](C)(C)C)(C1C2C=CC=CC2C2CCCCC21)C1C2C=CC=CC2C2CCCCC21.[Cl-].[Cl-].[Zr+2]. The van der Waals surface area contributed by atoms with Gasteiger partial charge in [0.05, 0.1) is 0 Å². The maximum atomic E-state index is 6.84. The zero-order valence-electron chi connectivity index (χ0n) is 28.5. The van der Waals surface area contributed by atoms with Crippen LogP contribution >= 0.6 is 0 Å². The molecule has 10 atom stereocenters. The number of allylic oxidation sites excluding steroid dienone is 8. The fraction of sp³-hybridized carbons (Fsp3) is 0.784. The zero-order valence-corrected chi connectivity index (χ0v) is 34.4. The molecule has 0 N–H and O–H groups in total. The van der Waals surface area contributed by atoms with E-state index < -0.39 is 16.6 Å². The van der Waals surface area contributed by atoms with E-state index in [2.05, 4.69) is 87.9 Å². The van der Waals surface area contributed by atoms with Crippen LogP contribution in [0.15, 0.2) is 48.6 Å². The molecule has 44 heavy (non-hydrogen) atoms. The van der Waals surface area contributed by atoms with Gasteiger partial charge in [0.25, 0.3) is 0 Å². The predicted molar refractivity (Wildman–Crippen MR) is 179 cm³/mol. The summed E-state index contributed by atoms with van der Waals surface area (Å²) >= 11 is 0. The standard InChI is InChI=1S/C37H60O2Si2.2ClH.Zr/c1-40(2,3)38-25-23-37(24-26-39-41(4,5)6,35-31-19-11-7-15-27(31)28-16-8-12-20-32(28)35)36-33-21-13-9-17-29(33)30-18-10-14-22-34(30)36;;;/h7,9,11,13,15,17,19,21,27-36H,8,10,12,14,16,18,20,22-26H2,1-6H3;2*1H;/q;;;+2/p-2. The predicted octanol–water partition coefficient (Wildman–Crippen LogP) is 4.05. The van der Waals surface area contributed by atoms with Crippen molar-refractivity contribution in [3.05, 3.63) is 48.6 Å². The second-order valence-electron chi connectivity index (χ2n) is 16.8. The molecule has 0 heterocycles. The molecule has 0 bridgehead atoms. The van der Waals surface area contributed by atoms with E-state index in [0.29, 0.717) is 11.8 Å². The van der Waals surface area contributed by atoms with E-state index in [-0.39, 0.29) is 56.4 Å². The van der Waals surface area contributed by atoms with E-state index >= 15 is 0 Å². The summed E-state index contributed by atoms with van der Waals surface area (Å²) in [5, 5.41) is 0. The molecule has 6 aliphatic carbocycles. The average Bonchev–Trinajstić information content (AvgIpc) is 3.45. The largest absolute Gasteiger partial charge is 2.00 e. The summed E-state index contributed by atoms with van der Waals surface area (Å²) in [5.41, 5.74) is 0.268. The molecular formula is C37H60Cl2O2Si2Zr. The topological polar surface area (TPSA) is 18.5 Å². The Balaban J connectivity index is 0.00000176. The summed E-state index contributed by atoms with van der Waals surface area (Å²) in [6.07, 6.45) is 34.2. The van der Waals surface area contributed by atoms with Gasteiger partial charge in [-0.1, -0.05) is 74.3 Å². The molecule has 246 valence electrons. The fourth-order valence-electron chi connectivity index (χ4n) is 11.4. The van der Waals surface area contributed by atoms with Crippen LogP contribution in [0, 0.1) is 64.6 Å². The van der Waals surface area contributed by atoms with Gasteiger partial charge in [-0.05, 0) is 142 Å². The van der Waals surface area contributed by atoms with Crippen molar-refractivity contribution < 1.29 is 59.9 Å². The average molecular weight is 755 g/mol. The third-order valence-electron chi connectivity index (χ3n) is 12.5. The van der Waals surface area contributed by atoms with E-state index in [1.807, 2.05) is 0 Å². The van der Waals surface area contributed by atoms with Crippen molar-refractivity contribution in [2.75, 3.05) is 13.2 Å². The Hall–Kier alpha value is 0.777. The second kappa shape index (κ2) is 16.0. The maximum Gasteiger partial charge on any atom is 2.00 e. The molecule has 6 aliphatic rings. The number of fused-ring (bicyclic) bond motifs is 6. The molecule has 2 nitrogen and oxygen atoms in total. The minimum Gasteiger partial charge on any atom is -1.00 e. The van der Waals surface area contributed by atoms with Gasteiger partial charge in [-0.15, -0.1) is 0 Å². The van der Waals surface area contributed by atoms with Crippen molar-refractivity contribution in [1.29, 1.82) is 0 Å². The second-order valence-corrected chi connectivity index (χ2v) is 25.8. The molecule has 0 spiro atoms. The molecule has 0 radical (unpaired) electrons. The van der Waals surface area contributed by atoms with Crippen molar-refractivity contribution in [1.82, 2.24) is 0 Å².